The van der Waals surface area contributed by atoms with Crippen molar-refractivity contribution < 1.29 is 51.0 Å². The van der Waals surface area contributed by atoms with Crippen LogP contribution in [0.25, 0.3) is 11.1 Å². The Kier molecular flexibility index (Phi) is 7.44. The average Bonchev–Trinajstić information content (AvgIpc) is 2.66. The Balaban J connectivity index is 0.000000963. The number of fused-ring (bicyclic) bond motifs is 3. The van der Waals surface area contributed by atoms with Crippen LogP contribution < -0.4 is 24.8 Å². The second-order valence-corrected chi connectivity index (χ2v) is 4.06. The van der Waals surface area contributed by atoms with Crippen LogP contribution in [0.2, 0.25) is 0 Å². The minimum atomic E-state index is 0. The van der Waals surface area contributed by atoms with Crippen LogP contribution in [0.5, 0.6) is 0 Å². The smallest absolute Gasteiger partial charge is 1.00 e. The summed E-state index contributed by atoms with van der Waals surface area (Å²) in [6.07, 6.45) is 2.13. The average molecular weight is 355 g/mol. The van der Waals surface area contributed by atoms with Gasteiger partial charge in [-0.15, -0.1) is 11.1 Å². The van der Waals surface area contributed by atoms with Crippen molar-refractivity contribution in [1.29, 1.82) is 0 Å². The normalized spacial score (nSPS) is 10.3. The van der Waals surface area contributed by atoms with Crippen LogP contribution in [0.4, 0.5) is 0 Å². The van der Waals surface area contributed by atoms with Crippen LogP contribution in [0.3, 0.4) is 0 Å². The van der Waals surface area contributed by atoms with Crippen molar-refractivity contribution in [1.82, 2.24) is 0 Å². The van der Waals surface area contributed by atoms with E-state index in [2.05, 4.69) is 49.4 Å². The van der Waals surface area contributed by atoms with Gasteiger partial charge >= 0.3 is 26.2 Å². The summed E-state index contributed by atoms with van der Waals surface area (Å²) in [5.41, 5.74) is 6.91. The van der Waals surface area contributed by atoms with Gasteiger partial charge in [0.1, 0.15) is 0 Å². The molecule has 0 spiro atoms. The molecule has 2 aromatic rings. The minimum absolute atomic E-state index is 0. The number of hydrogen-bond donors (Lipinski definition) is 0. The molecule has 0 heterocycles. The van der Waals surface area contributed by atoms with Crippen LogP contribution >= 0.6 is 0 Å². The Labute approximate surface area is 140 Å². The first-order valence-corrected chi connectivity index (χ1v) is 5.51. The Morgan fingerprint density at radius 3 is 2.44 bits per heavy atom. The monoisotopic (exact) mass is 353 g/mol. The molecule has 3 heteroatoms. The molecule has 0 aromatic heterocycles. The summed E-state index contributed by atoms with van der Waals surface area (Å²) in [6.45, 7) is 2.18. The number of hydrogen-bond acceptors (Lipinski definition) is 0. The Hall–Kier alpha value is -0.0969. The maximum absolute atomic E-state index is 3.52. The number of aryl methyl sites for hydroxylation is 1. The van der Waals surface area contributed by atoms with Crippen LogP contribution in [0, 0.1) is 6.07 Å². The van der Waals surface area contributed by atoms with Gasteiger partial charge in [0.05, 0.1) is 0 Å². The first-order valence-electron chi connectivity index (χ1n) is 5.51. The van der Waals surface area contributed by atoms with Gasteiger partial charge in [-0.05, 0) is 6.42 Å². The van der Waals surface area contributed by atoms with Gasteiger partial charge in [0.25, 0.3) is 0 Å². The first-order chi connectivity index (χ1) is 7.38. The van der Waals surface area contributed by atoms with E-state index < -0.39 is 0 Å². The van der Waals surface area contributed by atoms with Crippen molar-refractivity contribution in [2.45, 2.75) is 19.8 Å². The molecular weight excluding hydrogens is 342 g/mol. The predicted octanol–water partition coefficient (Wildman–Crippen LogP) is -2.37. The summed E-state index contributed by atoms with van der Waals surface area (Å²) in [4.78, 5) is 0. The topological polar surface area (TPSA) is 0 Å². The molecule has 0 saturated carbocycles. The van der Waals surface area contributed by atoms with Gasteiger partial charge in [0.2, 0.25) is 0 Å². The van der Waals surface area contributed by atoms with E-state index in [1.807, 2.05) is 0 Å². The molecule has 18 heavy (non-hydrogen) atoms. The van der Waals surface area contributed by atoms with Gasteiger partial charge in [-0.1, -0.05) is 48.7 Å². The zero-order chi connectivity index (χ0) is 10.3. The third-order valence-corrected chi connectivity index (χ3v) is 3.14. The van der Waals surface area contributed by atoms with Gasteiger partial charge in [-0.2, -0.15) is 23.8 Å². The fourth-order valence-corrected chi connectivity index (χ4v) is 2.31. The minimum Gasteiger partial charge on any atom is -1.00 e. The van der Waals surface area contributed by atoms with Crippen molar-refractivity contribution in [3.8, 4) is 11.1 Å². The quantitative estimate of drug-likeness (QED) is 0.428. The van der Waals surface area contributed by atoms with E-state index in [1.54, 1.807) is 0 Å². The third kappa shape index (κ3) is 3.07. The molecule has 1 aliphatic carbocycles. The zero-order valence-electron chi connectivity index (χ0n) is 10.1. The second kappa shape index (κ2) is 7.48. The van der Waals surface area contributed by atoms with Gasteiger partial charge in [-0.25, -0.2) is 0 Å². The molecule has 1 radical (unpaired) electrons. The van der Waals surface area contributed by atoms with E-state index in [4.69, 9.17) is 0 Å². The van der Waals surface area contributed by atoms with E-state index in [9.17, 15) is 0 Å². The molecule has 0 fully saturated rings. The molecule has 3 rings (SSSR count). The van der Waals surface area contributed by atoms with Crippen molar-refractivity contribution in [3.63, 3.8) is 0 Å². The van der Waals surface area contributed by atoms with Crippen molar-refractivity contribution in [2.24, 2.45) is 0 Å². The van der Waals surface area contributed by atoms with Crippen LogP contribution in [0.1, 0.15) is 23.6 Å². The van der Waals surface area contributed by atoms with E-state index >= 15 is 0 Å². The molecular formula is C15H13Cl2Zr. The van der Waals surface area contributed by atoms with E-state index in [1.165, 1.54) is 27.8 Å². The summed E-state index contributed by atoms with van der Waals surface area (Å²) in [7, 11) is 0. The van der Waals surface area contributed by atoms with Crippen LogP contribution in [-0.2, 0) is 39.0 Å². The van der Waals surface area contributed by atoms with Gasteiger partial charge < -0.3 is 24.8 Å². The second-order valence-electron chi connectivity index (χ2n) is 4.06. The molecule has 0 aliphatic heterocycles. The molecule has 0 bridgehead atoms. The predicted molar refractivity (Wildman–Crippen MR) is 62.9 cm³/mol. The molecule has 0 atom stereocenters. The molecule has 0 saturated heterocycles. The van der Waals surface area contributed by atoms with Crippen molar-refractivity contribution >= 4 is 0 Å². The Bertz CT molecular complexity index is 524. The number of halogens is 2. The molecule has 0 amide bonds. The number of rotatable bonds is 1. The van der Waals surface area contributed by atoms with Gasteiger partial charge in [0.15, 0.2) is 0 Å². The van der Waals surface area contributed by atoms with Gasteiger partial charge in [-0.3, -0.25) is 0 Å². The Morgan fingerprint density at radius 1 is 1.00 bits per heavy atom. The third-order valence-electron chi connectivity index (χ3n) is 3.14. The zero-order valence-corrected chi connectivity index (χ0v) is 14.1. The van der Waals surface area contributed by atoms with E-state index in [0.717, 1.165) is 12.8 Å². The molecule has 0 nitrogen and oxygen atoms in total. The molecule has 0 N–H and O–H groups in total. The fraction of sp³-hybridized carbons (Fsp3) is 0.200. The summed E-state index contributed by atoms with van der Waals surface area (Å²) in [5.74, 6) is 0. The largest absolute Gasteiger partial charge is 3.00 e. The number of benzene rings is 2. The van der Waals surface area contributed by atoms with Crippen LogP contribution in [0.15, 0.2) is 36.4 Å². The molecule has 1 aliphatic rings. The molecule has 0 unspecified atom stereocenters. The molecule has 91 valence electrons. The van der Waals surface area contributed by atoms with Gasteiger partial charge in [0, 0.05) is 0 Å². The standard InChI is InChI=1S/C15H13.2ClH.Zr/c1-2-11-7-8-15-13(9-11)10-12-5-3-4-6-14(12)15;;;/h3-8H,2,10H2,1H3;2*1H;/q-1;;;+3/p-2. The SMILES string of the molecule is CCc1[c-]c2c(cc1)-c1ccccc1C2.[Cl-].[Cl-].[Zr+3]. The first kappa shape index (κ1) is 17.9. The fourth-order valence-electron chi connectivity index (χ4n) is 2.31. The summed E-state index contributed by atoms with van der Waals surface area (Å²) in [6, 6.07) is 16.6. The maximum Gasteiger partial charge on any atom is 3.00 e. The van der Waals surface area contributed by atoms with E-state index in [0.29, 0.717) is 0 Å². The summed E-state index contributed by atoms with van der Waals surface area (Å²) < 4.78 is 0. The summed E-state index contributed by atoms with van der Waals surface area (Å²) in [5, 5.41) is 0. The maximum atomic E-state index is 3.52. The Morgan fingerprint density at radius 2 is 1.72 bits per heavy atom. The van der Waals surface area contributed by atoms with Crippen molar-refractivity contribution in [2.75, 3.05) is 0 Å². The molecule has 2 aromatic carbocycles. The van der Waals surface area contributed by atoms with Crippen molar-refractivity contribution in [3.05, 3.63) is 59.2 Å². The van der Waals surface area contributed by atoms with Crippen LogP contribution in [-0.4, -0.2) is 0 Å². The summed E-state index contributed by atoms with van der Waals surface area (Å²) >= 11 is 0. The van der Waals surface area contributed by atoms with E-state index in [-0.39, 0.29) is 51.0 Å².